The lowest BCUT2D eigenvalue weighted by atomic mass is 9.82. The number of aromatic amines is 2. The maximum atomic E-state index is 12.8. The summed E-state index contributed by atoms with van der Waals surface area (Å²) in [5.74, 6) is 1.90. The van der Waals surface area contributed by atoms with Gasteiger partial charge in [0, 0.05) is 24.2 Å². The van der Waals surface area contributed by atoms with E-state index in [2.05, 4.69) is 15.2 Å². The van der Waals surface area contributed by atoms with Gasteiger partial charge in [0.05, 0.1) is 0 Å². The van der Waals surface area contributed by atoms with Gasteiger partial charge < -0.3 is 4.90 Å². The molecule has 0 bridgehead atoms. The van der Waals surface area contributed by atoms with Gasteiger partial charge >= 0.3 is 5.69 Å². The molecule has 4 rings (SSSR count). The van der Waals surface area contributed by atoms with Gasteiger partial charge in [0.15, 0.2) is 5.82 Å². The van der Waals surface area contributed by atoms with Gasteiger partial charge in [-0.2, -0.15) is 5.10 Å². The molecule has 1 aliphatic heterocycles. The average molecular weight is 312 g/mol. The van der Waals surface area contributed by atoms with Gasteiger partial charge in [-0.05, 0) is 36.8 Å². The molecule has 0 radical (unpaired) electrons. The minimum atomic E-state index is -0.347. The maximum absolute atomic E-state index is 12.8. The molecule has 1 saturated carbocycles. The van der Waals surface area contributed by atoms with Crippen molar-refractivity contribution in [3.63, 3.8) is 0 Å². The molecule has 1 amide bonds. The lowest BCUT2D eigenvalue weighted by Gasteiger charge is -2.22. The quantitative estimate of drug-likeness (QED) is 0.890. The summed E-state index contributed by atoms with van der Waals surface area (Å²) >= 11 is 0. The number of carbonyl (C=O) groups excluding carboxylic acids is 1. The summed E-state index contributed by atoms with van der Waals surface area (Å²) in [4.78, 5) is 28.6. The van der Waals surface area contributed by atoms with Crippen molar-refractivity contribution >= 4 is 5.91 Å². The first kappa shape index (κ1) is 14.2. The molecule has 1 aliphatic carbocycles. The molecule has 1 aromatic carbocycles. The number of fused-ring (bicyclic) bond motifs is 1. The maximum Gasteiger partial charge on any atom is 0.340 e. The number of amides is 1. The van der Waals surface area contributed by atoms with E-state index in [4.69, 9.17) is 0 Å². The summed E-state index contributed by atoms with van der Waals surface area (Å²) in [7, 11) is 0. The Morgan fingerprint density at radius 3 is 2.57 bits per heavy atom. The average Bonchev–Trinajstić information content (AvgIpc) is 3.20. The van der Waals surface area contributed by atoms with Crippen LogP contribution in [0.25, 0.3) is 11.4 Å². The van der Waals surface area contributed by atoms with E-state index in [1.165, 1.54) is 25.7 Å². The van der Waals surface area contributed by atoms with Crippen LogP contribution in [0.2, 0.25) is 0 Å². The number of likely N-dealkylation sites (tertiary alicyclic amines) is 1. The van der Waals surface area contributed by atoms with Crippen molar-refractivity contribution in [2.75, 3.05) is 13.1 Å². The van der Waals surface area contributed by atoms with Crippen LogP contribution in [0.3, 0.4) is 0 Å². The lowest BCUT2D eigenvalue weighted by Crippen LogP contribution is -2.29. The van der Waals surface area contributed by atoms with Crippen LogP contribution >= 0.6 is 0 Å². The van der Waals surface area contributed by atoms with E-state index in [0.29, 0.717) is 23.2 Å². The van der Waals surface area contributed by atoms with Crippen molar-refractivity contribution in [3.8, 4) is 11.4 Å². The van der Waals surface area contributed by atoms with Gasteiger partial charge in [-0.3, -0.25) is 9.78 Å². The fraction of sp³-hybridized carbons (Fsp3) is 0.471. The van der Waals surface area contributed by atoms with Gasteiger partial charge in [0.2, 0.25) is 0 Å². The van der Waals surface area contributed by atoms with Crippen molar-refractivity contribution in [1.29, 1.82) is 0 Å². The molecule has 23 heavy (non-hydrogen) atoms. The smallest absolute Gasteiger partial charge is 0.338 e. The Kier molecular flexibility index (Phi) is 3.52. The molecule has 1 saturated heterocycles. The molecule has 6 heteroatoms. The number of nitrogens with one attached hydrogen (secondary N) is 2. The second-order valence-corrected chi connectivity index (χ2v) is 6.62. The summed E-state index contributed by atoms with van der Waals surface area (Å²) in [5.41, 5.74) is 1.05. The predicted molar refractivity (Wildman–Crippen MR) is 86.0 cm³/mol. The zero-order valence-corrected chi connectivity index (χ0v) is 12.9. The third kappa shape index (κ3) is 2.69. The molecule has 2 atom stereocenters. The monoisotopic (exact) mass is 312 g/mol. The second kappa shape index (κ2) is 5.68. The summed E-state index contributed by atoms with van der Waals surface area (Å²) in [6, 6.07) is 7.31. The van der Waals surface area contributed by atoms with Crippen LogP contribution < -0.4 is 5.69 Å². The minimum absolute atomic E-state index is 0.0825. The molecular formula is C17H20N4O2. The van der Waals surface area contributed by atoms with Crippen LogP contribution in [0.4, 0.5) is 0 Å². The fourth-order valence-electron chi connectivity index (χ4n) is 3.96. The molecule has 2 fully saturated rings. The molecule has 120 valence electrons. The summed E-state index contributed by atoms with van der Waals surface area (Å²) in [6.07, 6.45) is 5.10. The van der Waals surface area contributed by atoms with Crippen molar-refractivity contribution in [2.24, 2.45) is 11.8 Å². The molecule has 2 aromatic rings. The Hall–Kier alpha value is -2.37. The Bertz CT molecular complexity index is 765. The zero-order valence-electron chi connectivity index (χ0n) is 12.9. The number of hydrogen-bond acceptors (Lipinski definition) is 3. The normalized spacial score (nSPS) is 23.7. The largest absolute Gasteiger partial charge is 0.340 e. The number of H-pyrrole nitrogens is 2. The summed E-state index contributed by atoms with van der Waals surface area (Å²) in [6.45, 7) is 1.76. The third-order valence-electron chi connectivity index (χ3n) is 5.15. The van der Waals surface area contributed by atoms with E-state index in [9.17, 15) is 9.59 Å². The van der Waals surface area contributed by atoms with Gasteiger partial charge in [-0.1, -0.05) is 25.0 Å². The highest BCUT2D eigenvalue weighted by atomic mass is 16.2. The van der Waals surface area contributed by atoms with Crippen LogP contribution in [0.5, 0.6) is 0 Å². The highest BCUT2D eigenvalue weighted by molar-refractivity contribution is 5.95. The molecule has 2 heterocycles. The molecular weight excluding hydrogens is 292 g/mol. The van der Waals surface area contributed by atoms with E-state index in [0.717, 1.165) is 18.7 Å². The summed E-state index contributed by atoms with van der Waals surface area (Å²) < 4.78 is 0. The molecule has 2 aliphatic rings. The zero-order chi connectivity index (χ0) is 15.8. The van der Waals surface area contributed by atoms with Gasteiger partial charge in [-0.15, -0.1) is 0 Å². The number of nitrogens with zero attached hydrogens (tertiary/aromatic N) is 2. The van der Waals surface area contributed by atoms with Gasteiger partial charge in [0.25, 0.3) is 5.91 Å². The first-order chi connectivity index (χ1) is 11.2. The number of carbonyl (C=O) groups is 1. The van der Waals surface area contributed by atoms with Crippen molar-refractivity contribution in [2.45, 2.75) is 25.7 Å². The van der Waals surface area contributed by atoms with Crippen molar-refractivity contribution in [3.05, 3.63) is 40.3 Å². The Morgan fingerprint density at radius 2 is 1.91 bits per heavy atom. The topological polar surface area (TPSA) is 81.8 Å². The number of hydrogen-bond donors (Lipinski definition) is 2. The standard InChI is InChI=1S/C17H20N4O2/c22-16(21-9-13-4-1-2-5-14(13)10-21)12-7-3-6-11(8-12)15-18-17(23)20-19-15/h3,6-8,13-14H,1-2,4-5,9-10H2,(H2,18,19,20,23)/t13-,14+. The van der Waals surface area contributed by atoms with E-state index < -0.39 is 0 Å². The molecule has 1 aromatic heterocycles. The van der Waals surface area contributed by atoms with Crippen LogP contribution in [-0.2, 0) is 0 Å². The van der Waals surface area contributed by atoms with Crippen LogP contribution in [0.1, 0.15) is 36.0 Å². The van der Waals surface area contributed by atoms with Gasteiger partial charge in [0.1, 0.15) is 0 Å². The van der Waals surface area contributed by atoms with E-state index in [1.54, 1.807) is 6.07 Å². The lowest BCUT2D eigenvalue weighted by molar-refractivity contribution is 0.0784. The highest BCUT2D eigenvalue weighted by Crippen LogP contribution is 2.36. The Morgan fingerprint density at radius 1 is 1.17 bits per heavy atom. The first-order valence-electron chi connectivity index (χ1n) is 8.25. The fourth-order valence-corrected chi connectivity index (χ4v) is 3.96. The molecule has 0 unspecified atom stereocenters. The SMILES string of the molecule is O=C(c1cccc(-c2n[nH]c(=O)[nH]2)c1)N1C[C@H]2CCCC[C@H]2C1. The number of aromatic nitrogens is 3. The molecule has 0 spiro atoms. The molecule has 2 N–H and O–H groups in total. The van der Waals surface area contributed by atoms with Gasteiger partial charge in [-0.25, -0.2) is 9.89 Å². The second-order valence-electron chi connectivity index (χ2n) is 6.62. The van der Waals surface area contributed by atoms with Crippen LogP contribution in [-0.4, -0.2) is 39.1 Å². The van der Waals surface area contributed by atoms with Crippen LogP contribution in [0.15, 0.2) is 29.1 Å². The molecule has 6 nitrogen and oxygen atoms in total. The predicted octanol–water partition coefficient (Wildman–Crippen LogP) is 2.03. The van der Waals surface area contributed by atoms with Crippen molar-refractivity contribution in [1.82, 2.24) is 20.1 Å². The van der Waals surface area contributed by atoms with Crippen molar-refractivity contribution < 1.29 is 4.79 Å². The Balaban J connectivity index is 1.56. The first-order valence-corrected chi connectivity index (χ1v) is 8.25. The number of rotatable bonds is 2. The number of benzene rings is 1. The Labute approximate surface area is 133 Å². The third-order valence-corrected chi connectivity index (χ3v) is 5.15. The van der Waals surface area contributed by atoms with E-state index in [1.807, 2.05) is 23.1 Å². The minimum Gasteiger partial charge on any atom is -0.338 e. The van der Waals surface area contributed by atoms with Crippen LogP contribution in [0, 0.1) is 11.8 Å². The highest BCUT2D eigenvalue weighted by Gasteiger charge is 2.36. The van der Waals surface area contributed by atoms with E-state index in [-0.39, 0.29) is 11.6 Å². The summed E-state index contributed by atoms with van der Waals surface area (Å²) in [5, 5.41) is 6.27. The van der Waals surface area contributed by atoms with E-state index >= 15 is 0 Å².